The Labute approximate surface area is 136 Å². The Morgan fingerprint density at radius 3 is 2.88 bits per heavy atom. The number of rotatable bonds is 3. The molecule has 0 bridgehead atoms. The maximum absolute atomic E-state index is 12.8. The average Bonchev–Trinajstić information content (AvgIpc) is 3.15. The first kappa shape index (κ1) is 16.5. The topological polar surface area (TPSA) is 59.2 Å². The lowest BCUT2D eigenvalue weighted by atomic mass is 10.1. The van der Waals surface area contributed by atoms with E-state index in [1.54, 1.807) is 11.8 Å². The second-order valence-electron chi connectivity index (χ2n) is 5.79. The van der Waals surface area contributed by atoms with Crippen LogP contribution in [0.1, 0.15) is 41.7 Å². The lowest BCUT2D eigenvalue weighted by Crippen LogP contribution is -2.32. The first-order valence-electron chi connectivity index (χ1n) is 7.60. The van der Waals surface area contributed by atoms with Crippen molar-refractivity contribution < 1.29 is 22.5 Å². The molecular weight excluding hydrogens is 323 g/mol. The van der Waals surface area contributed by atoms with Crippen molar-refractivity contribution in [3.05, 3.63) is 47.1 Å². The Morgan fingerprint density at radius 1 is 1.42 bits per heavy atom. The zero-order chi connectivity index (χ0) is 17.3. The van der Waals surface area contributed by atoms with Gasteiger partial charge < -0.3 is 9.42 Å². The molecule has 0 saturated carbocycles. The molecule has 0 spiro atoms. The van der Waals surface area contributed by atoms with Gasteiger partial charge in [-0.2, -0.15) is 18.2 Å². The van der Waals surface area contributed by atoms with Gasteiger partial charge >= 0.3 is 6.18 Å². The zero-order valence-corrected chi connectivity index (χ0v) is 13.0. The number of aryl methyl sites for hydroxylation is 1. The minimum atomic E-state index is -4.42. The van der Waals surface area contributed by atoms with Gasteiger partial charge in [0.15, 0.2) is 5.82 Å². The highest BCUT2D eigenvalue weighted by molar-refractivity contribution is 5.79. The standard InChI is InChI=1S/C16H16F3N3O2/c1-10-20-15(21-24-10)13-6-3-7-22(13)14(23)9-11-4-2-5-12(8-11)16(17,18)19/h2,4-5,8,13H,3,6-7,9H2,1H3. The Hall–Kier alpha value is -2.38. The molecule has 8 heteroatoms. The normalized spacial score (nSPS) is 18.2. The number of halogens is 3. The van der Waals surface area contributed by atoms with Gasteiger partial charge in [-0.15, -0.1) is 0 Å². The maximum Gasteiger partial charge on any atom is 0.416 e. The van der Waals surface area contributed by atoms with E-state index in [2.05, 4.69) is 10.1 Å². The van der Waals surface area contributed by atoms with Gasteiger partial charge in [0.2, 0.25) is 11.8 Å². The summed E-state index contributed by atoms with van der Waals surface area (Å²) in [7, 11) is 0. The van der Waals surface area contributed by atoms with Gasteiger partial charge in [0.1, 0.15) is 0 Å². The van der Waals surface area contributed by atoms with Crippen LogP contribution in [-0.4, -0.2) is 27.5 Å². The van der Waals surface area contributed by atoms with E-state index in [1.165, 1.54) is 12.1 Å². The van der Waals surface area contributed by atoms with Crippen LogP contribution in [0.25, 0.3) is 0 Å². The molecule has 1 aromatic carbocycles. The van der Waals surface area contributed by atoms with Crippen LogP contribution < -0.4 is 0 Å². The molecule has 1 amide bonds. The molecule has 24 heavy (non-hydrogen) atoms. The minimum absolute atomic E-state index is 0.0861. The predicted molar refractivity (Wildman–Crippen MR) is 77.9 cm³/mol. The molecule has 0 N–H and O–H groups in total. The van der Waals surface area contributed by atoms with Crippen molar-refractivity contribution in [2.24, 2.45) is 0 Å². The summed E-state index contributed by atoms with van der Waals surface area (Å²) in [6.45, 7) is 2.20. The molecule has 3 rings (SSSR count). The number of hydrogen-bond donors (Lipinski definition) is 0. The van der Waals surface area contributed by atoms with Crippen LogP contribution in [0.3, 0.4) is 0 Å². The van der Waals surface area contributed by atoms with Gasteiger partial charge in [-0.25, -0.2) is 0 Å². The number of amides is 1. The van der Waals surface area contributed by atoms with Crippen LogP contribution in [0.4, 0.5) is 13.2 Å². The summed E-state index contributed by atoms with van der Waals surface area (Å²) in [6, 6.07) is 4.57. The summed E-state index contributed by atoms with van der Waals surface area (Å²) in [6.07, 6.45) is -2.99. The van der Waals surface area contributed by atoms with Crippen molar-refractivity contribution in [2.75, 3.05) is 6.54 Å². The third kappa shape index (κ3) is 3.42. The Bertz CT molecular complexity index is 742. The molecule has 1 unspecified atom stereocenters. The predicted octanol–water partition coefficient (Wildman–Crippen LogP) is 3.30. The van der Waals surface area contributed by atoms with Gasteiger partial charge in [-0.1, -0.05) is 23.4 Å². The number of alkyl halides is 3. The zero-order valence-electron chi connectivity index (χ0n) is 13.0. The van der Waals surface area contributed by atoms with Crippen LogP contribution in [0.5, 0.6) is 0 Å². The van der Waals surface area contributed by atoms with Gasteiger partial charge in [-0.3, -0.25) is 4.79 Å². The first-order chi connectivity index (χ1) is 11.3. The third-order valence-corrected chi connectivity index (χ3v) is 4.02. The molecule has 1 atom stereocenters. The number of hydrogen-bond acceptors (Lipinski definition) is 4. The Morgan fingerprint density at radius 2 is 2.21 bits per heavy atom. The van der Waals surface area contributed by atoms with E-state index in [9.17, 15) is 18.0 Å². The molecule has 1 saturated heterocycles. The van der Waals surface area contributed by atoms with Crippen LogP contribution in [0.15, 0.2) is 28.8 Å². The number of nitrogens with zero attached hydrogens (tertiary/aromatic N) is 3. The van der Waals surface area contributed by atoms with Gasteiger partial charge in [0.25, 0.3) is 0 Å². The van der Waals surface area contributed by atoms with Gasteiger partial charge in [0.05, 0.1) is 18.0 Å². The van der Waals surface area contributed by atoms with E-state index in [-0.39, 0.29) is 18.4 Å². The van der Waals surface area contributed by atoms with Crippen molar-refractivity contribution >= 4 is 5.91 Å². The van der Waals surface area contributed by atoms with E-state index >= 15 is 0 Å². The molecule has 1 aromatic heterocycles. The number of carbonyl (C=O) groups is 1. The van der Waals surface area contributed by atoms with E-state index in [1.807, 2.05) is 0 Å². The summed E-state index contributed by atoms with van der Waals surface area (Å²) >= 11 is 0. The molecule has 0 radical (unpaired) electrons. The first-order valence-corrected chi connectivity index (χ1v) is 7.60. The number of benzene rings is 1. The molecular formula is C16H16F3N3O2. The summed E-state index contributed by atoms with van der Waals surface area (Å²) in [5.41, 5.74) is -0.413. The summed E-state index contributed by atoms with van der Waals surface area (Å²) in [4.78, 5) is 18.3. The van der Waals surface area contributed by atoms with E-state index < -0.39 is 11.7 Å². The van der Waals surface area contributed by atoms with E-state index in [0.717, 1.165) is 18.6 Å². The van der Waals surface area contributed by atoms with Crippen LogP contribution in [0.2, 0.25) is 0 Å². The minimum Gasteiger partial charge on any atom is -0.340 e. The summed E-state index contributed by atoms with van der Waals surface area (Å²) in [5, 5.41) is 3.86. The molecule has 2 heterocycles. The van der Waals surface area contributed by atoms with Crippen molar-refractivity contribution in [3.8, 4) is 0 Å². The lowest BCUT2D eigenvalue weighted by molar-refractivity contribution is -0.138. The fourth-order valence-electron chi connectivity index (χ4n) is 2.92. The molecule has 1 aliphatic heterocycles. The largest absolute Gasteiger partial charge is 0.416 e. The quantitative estimate of drug-likeness (QED) is 0.861. The second-order valence-corrected chi connectivity index (χ2v) is 5.79. The number of aromatic nitrogens is 2. The van der Waals surface area contributed by atoms with Gasteiger partial charge in [-0.05, 0) is 24.5 Å². The third-order valence-electron chi connectivity index (χ3n) is 4.02. The summed E-state index contributed by atoms with van der Waals surface area (Å²) < 4.78 is 43.3. The van der Waals surface area contributed by atoms with Gasteiger partial charge in [0, 0.05) is 13.5 Å². The monoisotopic (exact) mass is 339 g/mol. The maximum atomic E-state index is 12.8. The molecule has 1 aliphatic rings. The van der Waals surface area contributed by atoms with Crippen LogP contribution >= 0.6 is 0 Å². The Kier molecular flexibility index (Phi) is 4.29. The van der Waals surface area contributed by atoms with E-state index in [4.69, 9.17) is 4.52 Å². The summed E-state index contributed by atoms with van der Waals surface area (Å²) in [5.74, 6) is 0.629. The molecule has 128 valence electrons. The van der Waals surface area contributed by atoms with Crippen LogP contribution in [0, 0.1) is 6.92 Å². The van der Waals surface area contributed by atoms with Crippen molar-refractivity contribution in [1.82, 2.24) is 15.0 Å². The second kappa shape index (κ2) is 6.26. The highest BCUT2D eigenvalue weighted by Crippen LogP contribution is 2.32. The molecule has 5 nitrogen and oxygen atoms in total. The average molecular weight is 339 g/mol. The smallest absolute Gasteiger partial charge is 0.340 e. The van der Waals surface area contributed by atoms with Crippen LogP contribution in [-0.2, 0) is 17.4 Å². The van der Waals surface area contributed by atoms with Crippen molar-refractivity contribution in [1.29, 1.82) is 0 Å². The SMILES string of the molecule is Cc1nc(C2CCCN2C(=O)Cc2cccc(C(F)(F)F)c2)no1. The molecule has 0 aliphatic carbocycles. The molecule has 1 fully saturated rings. The number of carbonyl (C=O) groups excluding carboxylic acids is 1. The molecule has 2 aromatic rings. The van der Waals surface area contributed by atoms with Crippen molar-refractivity contribution in [2.45, 2.75) is 38.4 Å². The highest BCUT2D eigenvalue weighted by atomic mass is 19.4. The fraction of sp³-hybridized carbons (Fsp3) is 0.438. The number of likely N-dealkylation sites (tertiary alicyclic amines) is 1. The fourth-order valence-corrected chi connectivity index (χ4v) is 2.92. The van der Waals surface area contributed by atoms with E-state index in [0.29, 0.717) is 30.2 Å². The highest BCUT2D eigenvalue weighted by Gasteiger charge is 2.34. The van der Waals surface area contributed by atoms with Crippen molar-refractivity contribution in [3.63, 3.8) is 0 Å². The lowest BCUT2D eigenvalue weighted by Gasteiger charge is -2.22. The Balaban J connectivity index is 1.75.